The molecule has 0 atom stereocenters. The summed E-state index contributed by atoms with van der Waals surface area (Å²) < 4.78 is 13.2. The van der Waals surface area contributed by atoms with Gasteiger partial charge in [0.05, 0.1) is 0 Å². The Labute approximate surface area is 146 Å². The van der Waals surface area contributed by atoms with E-state index in [1.54, 1.807) is 34.0 Å². The molecule has 0 unspecified atom stereocenters. The van der Waals surface area contributed by atoms with Crippen molar-refractivity contribution < 1.29 is 4.39 Å². The highest BCUT2D eigenvalue weighted by molar-refractivity contribution is 7.19. The van der Waals surface area contributed by atoms with E-state index in [1.807, 2.05) is 12.1 Å². The van der Waals surface area contributed by atoms with Crippen LogP contribution in [-0.4, -0.2) is 0 Å². The summed E-state index contributed by atoms with van der Waals surface area (Å²) in [5, 5.41) is 8.58. The number of benzene rings is 1. The fraction of sp³-hybridized carbons (Fsp3) is 0.0526. The third-order valence-corrected chi connectivity index (χ3v) is 6.39. The zero-order valence-corrected chi connectivity index (χ0v) is 14.6. The molecule has 0 fully saturated rings. The molecule has 3 heterocycles. The molecule has 23 heavy (non-hydrogen) atoms. The minimum Gasteiger partial charge on any atom is -0.207 e. The van der Waals surface area contributed by atoms with Crippen LogP contribution in [0.3, 0.4) is 0 Å². The van der Waals surface area contributed by atoms with E-state index in [9.17, 15) is 4.39 Å². The Balaban J connectivity index is 1.80. The Hall–Kier alpha value is -1.75. The van der Waals surface area contributed by atoms with Gasteiger partial charge in [-0.1, -0.05) is 12.1 Å². The summed E-state index contributed by atoms with van der Waals surface area (Å²) in [4.78, 5) is 2.51. The van der Waals surface area contributed by atoms with Crippen molar-refractivity contribution in [3.05, 3.63) is 80.9 Å². The minimum atomic E-state index is -0.192. The number of halogens is 1. The second kappa shape index (κ2) is 6.40. The van der Waals surface area contributed by atoms with Crippen molar-refractivity contribution in [2.24, 2.45) is 0 Å². The van der Waals surface area contributed by atoms with Crippen LogP contribution in [0.25, 0.3) is 20.9 Å². The van der Waals surface area contributed by atoms with Gasteiger partial charge in [0.15, 0.2) is 0 Å². The molecular formula is C19H13FS3. The van der Waals surface area contributed by atoms with Crippen LogP contribution in [0, 0.1) is 5.82 Å². The maximum atomic E-state index is 13.2. The van der Waals surface area contributed by atoms with Crippen LogP contribution >= 0.6 is 34.0 Å². The van der Waals surface area contributed by atoms with E-state index in [4.69, 9.17) is 0 Å². The van der Waals surface area contributed by atoms with Gasteiger partial charge in [-0.05, 0) is 75.0 Å². The van der Waals surface area contributed by atoms with Crippen molar-refractivity contribution in [3.8, 4) is 20.9 Å². The summed E-state index contributed by atoms with van der Waals surface area (Å²) in [7, 11) is 0. The van der Waals surface area contributed by atoms with E-state index in [1.165, 1.54) is 38.6 Å². The fourth-order valence-corrected chi connectivity index (χ4v) is 5.15. The van der Waals surface area contributed by atoms with E-state index in [0.29, 0.717) is 0 Å². The van der Waals surface area contributed by atoms with Gasteiger partial charge in [0.2, 0.25) is 0 Å². The van der Waals surface area contributed by atoms with Crippen LogP contribution in [0.15, 0.2) is 64.0 Å². The number of rotatable bonds is 4. The Morgan fingerprint density at radius 3 is 2.30 bits per heavy atom. The van der Waals surface area contributed by atoms with Gasteiger partial charge in [-0.2, -0.15) is 22.7 Å². The molecule has 0 spiro atoms. The Morgan fingerprint density at radius 1 is 0.826 bits per heavy atom. The predicted molar refractivity (Wildman–Crippen MR) is 100 cm³/mol. The summed E-state index contributed by atoms with van der Waals surface area (Å²) in [6.07, 6.45) is 0.914. The average Bonchev–Trinajstić information content (AvgIpc) is 3.30. The second-order valence-corrected chi connectivity index (χ2v) is 7.90. The standard InChI is InChI=1S/C19H13FS3/c20-17-3-1-14(2-4-17)19-16(9-13-5-7-21-11-13)10-18(23-19)15-6-8-22-12-15/h1-8,10-12H,9H2. The highest BCUT2D eigenvalue weighted by Gasteiger charge is 2.13. The maximum Gasteiger partial charge on any atom is 0.123 e. The lowest BCUT2D eigenvalue weighted by Crippen LogP contribution is -1.86. The van der Waals surface area contributed by atoms with Crippen molar-refractivity contribution in [3.63, 3.8) is 0 Å². The molecule has 4 heteroatoms. The van der Waals surface area contributed by atoms with Gasteiger partial charge in [-0.25, -0.2) is 4.39 Å². The average molecular weight is 357 g/mol. The molecule has 0 nitrogen and oxygen atoms in total. The number of thiophene rings is 3. The van der Waals surface area contributed by atoms with Crippen molar-refractivity contribution >= 4 is 34.0 Å². The lowest BCUT2D eigenvalue weighted by molar-refractivity contribution is 0.628. The zero-order chi connectivity index (χ0) is 15.6. The maximum absolute atomic E-state index is 13.2. The fourth-order valence-electron chi connectivity index (χ4n) is 2.57. The quantitative estimate of drug-likeness (QED) is 0.372. The van der Waals surface area contributed by atoms with Crippen LogP contribution in [0.1, 0.15) is 11.1 Å². The normalized spacial score (nSPS) is 11.0. The summed E-state index contributed by atoms with van der Waals surface area (Å²) in [5.41, 5.74) is 4.98. The van der Waals surface area contributed by atoms with Crippen LogP contribution < -0.4 is 0 Å². The molecule has 0 aliphatic rings. The molecule has 0 saturated heterocycles. The Kier molecular flexibility index (Phi) is 4.12. The van der Waals surface area contributed by atoms with Gasteiger partial charge in [0.1, 0.15) is 5.82 Å². The highest BCUT2D eigenvalue weighted by atomic mass is 32.1. The number of hydrogen-bond acceptors (Lipinski definition) is 3. The van der Waals surface area contributed by atoms with E-state index < -0.39 is 0 Å². The summed E-state index contributed by atoms with van der Waals surface area (Å²) in [6, 6.07) is 13.4. The Morgan fingerprint density at radius 2 is 1.61 bits per heavy atom. The molecule has 114 valence electrons. The lowest BCUT2D eigenvalue weighted by Gasteiger charge is -2.03. The van der Waals surface area contributed by atoms with Crippen molar-refractivity contribution in [2.75, 3.05) is 0 Å². The van der Waals surface area contributed by atoms with Crippen LogP contribution in [-0.2, 0) is 6.42 Å². The van der Waals surface area contributed by atoms with Crippen LogP contribution in [0.2, 0.25) is 0 Å². The first-order valence-electron chi connectivity index (χ1n) is 7.22. The van der Waals surface area contributed by atoms with E-state index in [-0.39, 0.29) is 5.82 Å². The molecule has 0 aliphatic heterocycles. The largest absolute Gasteiger partial charge is 0.207 e. The summed E-state index contributed by atoms with van der Waals surface area (Å²) in [6.45, 7) is 0. The smallest absolute Gasteiger partial charge is 0.123 e. The molecular weight excluding hydrogens is 343 g/mol. The second-order valence-electron chi connectivity index (χ2n) is 5.29. The zero-order valence-electron chi connectivity index (χ0n) is 12.2. The van der Waals surface area contributed by atoms with Gasteiger partial charge < -0.3 is 0 Å². The summed E-state index contributed by atoms with van der Waals surface area (Å²) in [5.74, 6) is -0.192. The van der Waals surface area contributed by atoms with Crippen molar-refractivity contribution in [1.29, 1.82) is 0 Å². The molecule has 0 radical (unpaired) electrons. The van der Waals surface area contributed by atoms with Crippen LogP contribution in [0.4, 0.5) is 4.39 Å². The highest BCUT2D eigenvalue weighted by Crippen LogP contribution is 2.40. The van der Waals surface area contributed by atoms with Crippen LogP contribution in [0.5, 0.6) is 0 Å². The lowest BCUT2D eigenvalue weighted by atomic mass is 10.0. The molecule has 3 aromatic heterocycles. The predicted octanol–water partition coefficient (Wildman–Crippen LogP) is 6.94. The monoisotopic (exact) mass is 356 g/mol. The van der Waals surface area contributed by atoms with Gasteiger partial charge >= 0.3 is 0 Å². The molecule has 0 aliphatic carbocycles. The molecule has 0 N–H and O–H groups in total. The van der Waals surface area contributed by atoms with Crippen molar-refractivity contribution in [1.82, 2.24) is 0 Å². The van der Waals surface area contributed by atoms with Gasteiger partial charge in [0.25, 0.3) is 0 Å². The van der Waals surface area contributed by atoms with Gasteiger partial charge in [-0.15, -0.1) is 11.3 Å². The first-order valence-corrected chi connectivity index (χ1v) is 9.92. The molecule has 0 amide bonds. The topological polar surface area (TPSA) is 0 Å². The van der Waals surface area contributed by atoms with Gasteiger partial charge in [0, 0.05) is 15.3 Å². The third kappa shape index (κ3) is 3.15. The number of hydrogen-bond donors (Lipinski definition) is 0. The molecule has 1 aromatic carbocycles. The van der Waals surface area contributed by atoms with Crippen molar-refractivity contribution in [2.45, 2.75) is 6.42 Å². The first kappa shape index (κ1) is 14.8. The Bertz CT molecular complexity index is 885. The minimum absolute atomic E-state index is 0.192. The molecule has 0 saturated carbocycles. The molecule has 0 bridgehead atoms. The third-order valence-electron chi connectivity index (χ3n) is 3.70. The van der Waals surface area contributed by atoms with Gasteiger partial charge in [-0.3, -0.25) is 0 Å². The molecule has 4 aromatic rings. The summed E-state index contributed by atoms with van der Waals surface area (Å²) >= 11 is 5.22. The SMILES string of the molecule is Fc1ccc(-c2sc(-c3ccsc3)cc2Cc2ccsc2)cc1. The van der Waals surface area contributed by atoms with E-state index in [2.05, 4.69) is 39.7 Å². The first-order chi connectivity index (χ1) is 11.3. The van der Waals surface area contributed by atoms with E-state index >= 15 is 0 Å². The molecule has 4 rings (SSSR count). The van der Waals surface area contributed by atoms with E-state index in [0.717, 1.165) is 12.0 Å².